The minimum absolute atomic E-state index is 0.0893. The summed E-state index contributed by atoms with van der Waals surface area (Å²) in [5, 5.41) is 46.9. The van der Waals surface area contributed by atoms with E-state index in [2.05, 4.69) is 0 Å². The normalized spacial score (nSPS) is 40.4. The Morgan fingerprint density at radius 2 is 1.60 bits per heavy atom. The van der Waals surface area contributed by atoms with Crippen LogP contribution in [0.5, 0.6) is 0 Å². The second-order valence-electron chi connectivity index (χ2n) is 18.9. The lowest BCUT2D eigenvalue weighted by molar-refractivity contribution is -0.350. The van der Waals surface area contributed by atoms with Crippen LogP contribution >= 0.6 is 0 Å². The molecule has 57 heavy (non-hydrogen) atoms. The zero-order valence-corrected chi connectivity index (χ0v) is 34.9. The van der Waals surface area contributed by atoms with Gasteiger partial charge < -0.3 is 53.6 Å². The van der Waals surface area contributed by atoms with Gasteiger partial charge in [-0.2, -0.15) is 0 Å². The van der Waals surface area contributed by atoms with Crippen molar-refractivity contribution in [2.24, 2.45) is 16.2 Å². The maximum absolute atomic E-state index is 13.3. The first kappa shape index (κ1) is 44.9. The number of aliphatic hydroxyl groups is 4. The van der Waals surface area contributed by atoms with E-state index in [1.54, 1.807) is 60.6 Å². The quantitative estimate of drug-likeness (QED) is 0.139. The van der Waals surface area contributed by atoms with Crippen LogP contribution in [0.1, 0.15) is 114 Å². The molecule has 0 radical (unpaired) electrons. The van der Waals surface area contributed by atoms with Gasteiger partial charge in [0.15, 0.2) is 17.7 Å². The van der Waals surface area contributed by atoms with Crippen molar-refractivity contribution in [3.8, 4) is 0 Å². The van der Waals surface area contributed by atoms with Crippen LogP contribution in [0.2, 0.25) is 0 Å². The van der Waals surface area contributed by atoms with Crippen molar-refractivity contribution in [3.63, 3.8) is 0 Å². The number of ether oxygens (including phenoxy) is 7. The van der Waals surface area contributed by atoms with E-state index in [1.807, 2.05) is 6.92 Å². The molecular formula is C42H62O15. The highest BCUT2D eigenvalue weighted by molar-refractivity contribution is 5.86. The van der Waals surface area contributed by atoms with Crippen molar-refractivity contribution in [1.82, 2.24) is 0 Å². The first-order valence-electron chi connectivity index (χ1n) is 19.8. The van der Waals surface area contributed by atoms with Gasteiger partial charge in [0.1, 0.15) is 18.3 Å². The molecule has 0 aromatic rings. The Hall–Kier alpha value is -3.18. The summed E-state index contributed by atoms with van der Waals surface area (Å²) in [6.45, 7) is 15.3. The Bertz CT molecular complexity index is 1650. The second kappa shape index (κ2) is 16.1. The van der Waals surface area contributed by atoms with Crippen molar-refractivity contribution in [3.05, 3.63) is 35.5 Å². The van der Waals surface area contributed by atoms with E-state index in [9.17, 15) is 39.6 Å². The summed E-state index contributed by atoms with van der Waals surface area (Å²) in [7, 11) is 1.27. The fourth-order valence-corrected chi connectivity index (χ4v) is 8.35. The van der Waals surface area contributed by atoms with E-state index in [-0.39, 0.29) is 44.9 Å². The molecule has 5 rings (SSSR count). The van der Waals surface area contributed by atoms with Gasteiger partial charge in [0, 0.05) is 56.1 Å². The molecule has 15 heteroatoms. The van der Waals surface area contributed by atoms with Gasteiger partial charge in [0.2, 0.25) is 0 Å². The molecule has 3 fully saturated rings. The molecule has 320 valence electrons. The SMILES string of the molecule is COC(=O)/C=C1\C[C@H]2C[C@]3(O)O[C@H](C[C@@H](O)CC(=O)OC([C@@H](C)O)CC4O[C@](O)(CC5=CC(=O)OC54)C(C)(C)/C=C/[C@@](C)(C1)O2)C[C@H](OC(=O)C(C)(C)C)C3(C)C. The van der Waals surface area contributed by atoms with Crippen molar-refractivity contribution in [2.45, 2.75) is 180 Å². The Labute approximate surface area is 334 Å². The summed E-state index contributed by atoms with van der Waals surface area (Å²) in [6.07, 6.45) is -2.63. The predicted molar refractivity (Wildman–Crippen MR) is 202 cm³/mol. The lowest BCUT2D eigenvalue weighted by atomic mass is 9.70. The molecule has 0 aromatic heterocycles. The fraction of sp³-hybridized carbons (Fsp3) is 0.762. The molecule has 4 N–H and O–H groups in total. The van der Waals surface area contributed by atoms with Gasteiger partial charge in [-0.25, -0.2) is 9.59 Å². The maximum Gasteiger partial charge on any atom is 0.331 e. The van der Waals surface area contributed by atoms with Crippen LogP contribution in [0.15, 0.2) is 35.5 Å². The van der Waals surface area contributed by atoms with Crippen molar-refractivity contribution >= 4 is 23.9 Å². The van der Waals surface area contributed by atoms with E-state index in [4.69, 9.17) is 33.2 Å². The molecule has 6 bridgehead atoms. The number of carbonyl (C=O) groups excluding carboxylic acids is 4. The minimum Gasteiger partial charge on any atom is -0.466 e. The molecule has 0 saturated carbocycles. The molecule has 11 atom stereocenters. The first-order valence-corrected chi connectivity index (χ1v) is 19.8. The molecular weight excluding hydrogens is 744 g/mol. The van der Waals surface area contributed by atoms with E-state index < -0.39 is 113 Å². The lowest BCUT2D eigenvalue weighted by Crippen LogP contribution is -2.63. The van der Waals surface area contributed by atoms with Gasteiger partial charge in [-0.1, -0.05) is 45.4 Å². The molecule has 0 amide bonds. The highest BCUT2D eigenvalue weighted by Gasteiger charge is 2.59. The van der Waals surface area contributed by atoms with Crippen LogP contribution in [0.4, 0.5) is 0 Å². The molecule has 5 aliphatic heterocycles. The first-order chi connectivity index (χ1) is 26.2. The topological polar surface area (TPSA) is 214 Å². The zero-order valence-electron chi connectivity index (χ0n) is 34.9. The summed E-state index contributed by atoms with van der Waals surface area (Å²) in [5.41, 5.74) is -3.26. The Morgan fingerprint density at radius 3 is 2.23 bits per heavy atom. The molecule has 5 aliphatic rings. The lowest BCUT2D eigenvalue weighted by Gasteiger charge is -2.54. The number of hydrogen-bond donors (Lipinski definition) is 4. The molecule has 0 aromatic carbocycles. The third-order valence-electron chi connectivity index (χ3n) is 12.2. The van der Waals surface area contributed by atoms with Crippen LogP contribution in [-0.4, -0.2) is 117 Å². The van der Waals surface area contributed by atoms with Crippen LogP contribution < -0.4 is 0 Å². The van der Waals surface area contributed by atoms with Crippen molar-refractivity contribution in [2.75, 3.05) is 7.11 Å². The van der Waals surface area contributed by atoms with E-state index in [0.717, 1.165) is 0 Å². The standard InChI is InChI=1S/C42H62O15/c1-23(43)29-19-30-35-25(15-33(46)54-35)21-41(49,57-30)38(5,6)11-12-40(9)20-24(14-32(45)51-10)13-28(55-40)22-42(50)39(7,8)31(53-36(48)37(2,3)4)18-27(56-42)16-26(44)17-34(47)52-29/h11-12,14-15,23,26-31,35,43-44,49-50H,13,16-22H2,1-10H3/b12-11+,24-14+/t23-,26-,27-,28+,29?,30?,31+,35?,40+,41-,42+/m1/s1. The van der Waals surface area contributed by atoms with Crippen LogP contribution in [0.3, 0.4) is 0 Å². The summed E-state index contributed by atoms with van der Waals surface area (Å²) >= 11 is 0. The molecule has 0 spiro atoms. The number of esters is 4. The monoisotopic (exact) mass is 806 g/mol. The summed E-state index contributed by atoms with van der Waals surface area (Å²) < 4.78 is 41.8. The molecule has 3 unspecified atom stereocenters. The van der Waals surface area contributed by atoms with Gasteiger partial charge in [-0.3, -0.25) is 9.59 Å². The van der Waals surface area contributed by atoms with Gasteiger partial charge >= 0.3 is 23.9 Å². The average molecular weight is 807 g/mol. The zero-order chi connectivity index (χ0) is 42.5. The average Bonchev–Trinajstić information content (AvgIpc) is 3.44. The van der Waals surface area contributed by atoms with Gasteiger partial charge in [-0.15, -0.1) is 0 Å². The van der Waals surface area contributed by atoms with E-state index in [1.165, 1.54) is 26.2 Å². The summed E-state index contributed by atoms with van der Waals surface area (Å²) in [5.74, 6) is -6.50. The number of hydrogen-bond acceptors (Lipinski definition) is 15. The third-order valence-corrected chi connectivity index (χ3v) is 12.2. The van der Waals surface area contributed by atoms with Crippen LogP contribution in [-0.2, 0) is 52.3 Å². The highest BCUT2D eigenvalue weighted by atomic mass is 16.7. The van der Waals surface area contributed by atoms with Gasteiger partial charge in [0.25, 0.3) is 0 Å². The van der Waals surface area contributed by atoms with Crippen LogP contribution in [0.25, 0.3) is 0 Å². The predicted octanol–water partition coefficient (Wildman–Crippen LogP) is 3.62. The third kappa shape index (κ3) is 9.83. The van der Waals surface area contributed by atoms with Gasteiger partial charge in [-0.05, 0) is 46.6 Å². The molecule has 15 nitrogen and oxygen atoms in total. The fourth-order valence-electron chi connectivity index (χ4n) is 8.35. The number of carbonyl (C=O) groups is 4. The van der Waals surface area contributed by atoms with Gasteiger partial charge in [0.05, 0.1) is 54.4 Å². The van der Waals surface area contributed by atoms with Crippen molar-refractivity contribution in [1.29, 1.82) is 0 Å². The maximum atomic E-state index is 13.3. The minimum atomic E-state index is -2.02. The number of fused-ring (bicyclic) bond motifs is 8. The number of methoxy groups -OCH3 is 1. The van der Waals surface area contributed by atoms with E-state index >= 15 is 0 Å². The molecule has 0 aliphatic carbocycles. The summed E-state index contributed by atoms with van der Waals surface area (Å²) in [6, 6.07) is 0. The Kier molecular flexibility index (Phi) is 12.7. The second-order valence-corrected chi connectivity index (χ2v) is 18.9. The smallest absolute Gasteiger partial charge is 0.331 e. The van der Waals surface area contributed by atoms with Crippen molar-refractivity contribution < 1.29 is 72.8 Å². The van der Waals surface area contributed by atoms with E-state index in [0.29, 0.717) is 11.1 Å². The number of cyclic esters (lactones) is 1. The number of aliphatic hydroxyl groups excluding tert-OH is 2. The summed E-state index contributed by atoms with van der Waals surface area (Å²) in [4.78, 5) is 51.7. The van der Waals surface area contributed by atoms with Crippen LogP contribution in [0, 0.1) is 16.2 Å². The number of rotatable bonds is 3. The Morgan fingerprint density at radius 1 is 0.912 bits per heavy atom. The Balaban J connectivity index is 1.60. The largest absolute Gasteiger partial charge is 0.466 e. The highest BCUT2D eigenvalue weighted by Crippen LogP contribution is 2.51. The molecule has 3 saturated heterocycles. The molecule has 5 heterocycles.